The molecule has 1 saturated heterocycles. The third-order valence-electron chi connectivity index (χ3n) is 5.68. The van der Waals surface area contributed by atoms with E-state index in [-0.39, 0.29) is 11.3 Å². The average molecular weight is 375 g/mol. The van der Waals surface area contributed by atoms with Crippen LogP contribution >= 0.6 is 0 Å². The second-order valence-corrected chi connectivity index (χ2v) is 7.06. The summed E-state index contributed by atoms with van der Waals surface area (Å²) < 4.78 is 28.7. The number of carbonyl (C=O) groups excluding carboxylic acids is 1. The molecule has 2 aliphatic heterocycles. The van der Waals surface area contributed by atoms with E-state index in [1.54, 1.807) is 29.3 Å². The second kappa shape index (κ2) is 6.28. The van der Waals surface area contributed by atoms with Crippen molar-refractivity contribution >= 4 is 11.9 Å². The van der Waals surface area contributed by atoms with Crippen LogP contribution in [0.25, 0.3) is 6.08 Å². The minimum absolute atomic E-state index is 0.136. The first-order valence-corrected chi connectivity index (χ1v) is 8.77. The van der Waals surface area contributed by atoms with Gasteiger partial charge in [-0.05, 0) is 35.8 Å². The molecule has 0 saturated carbocycles. The summed E-state index contributed by atoms with van der Waals surface area (Å²) in [6.07, 6.45) is 3.46. The van der Waals surface area contributed by atoms with Gasteiger partial charge in [0.2, 0.25) is 0 Å². The molecule has 4 rings (SSSR count). The molecule has 4 nitrogen and oxygen atoms in total. The lowest BCUT2D eigenvalue weighted by Gasteiger charge is -2.34. The van der Waals surface area contributed by atoms with Crippen molar-refractivity contribution in [3.05, 3.63) is 77.0 Å². The third kappa shape index (κ3) is 2.21. The number of hydrogen-bond acceptors (Lipinski definition) is 4. The minimum Gasteiger partial charge on any atom is -0.357 e. The van der Waals surface area contributed by atoms with Crippen LogP contribution in [-0.4, -0.2) is 16.7 Å². The Hall–Kier alpha value is -3.51. The molecule has 2 aliphatic rings. The highest BCUT2D eigenvalue weighted by molar-refractivity contribution is 5.85. The van der Waals surface area contributed by atoms with Crippen LogP contribution in [0.5, 0.6) is 0 Å². The number of rotatable bonds is 2. The van der Waals surface area contributed by atoms with Crippen molar-refractivity contribution < 1.29 is 13.6 Å². The van der Waals surface area contributed by atoms with Gasteiger partial charge in [0.05, 0.1) is 24.2 Å². The maximum absolute atomic E-state index is 14.7. The first kappa shape index (κ1) is 17.9. The highest BCUT2D eigenvalue weighted by atomic mass is 19.2. The first-order valence-electron chi connectivity index (χ1n) is 8.77. The van der Waals surface area contributed by atoms with Gasteiger partial charge in [-0.25, -0.2) is 8.78 Å². The van der Waals surface area contributed by atoms with Crippen molar-refractivity contribution in [1.29, 1.82) is 10.5 Å². The topological polar surface area (TPSA) is 67.9 Å². The standard InChI is InChI=1S/C22H15F2N3O/c1-13(28)20-18(16-7-4-8-17(23)19(16)24)22(11-25,12-26)21-15-6-3-2-5-14(15)9-10-27(20)21/h2-10,18,20-21H,1H3/t18-,20-,21-/m0/s1. The Labute approximate surface area is 160 Å². The van der Waals surface area contributed by atoms with Crippen molar-refractivity contribution in [2.75, 3.05) is 0 Å². The number of benzene rings is 2. The Kier molecular flexibility index (Phi) is 4.01. The summed E-state index contributed by atoms with van der Waals surface area (Å²) in [5, 5.41) is 20.2. The Bertz CT molecular complexity index is 1080. The molecule has 0 N–H and O–H groups in total. The molecule has 0 amide bonds. The first-order chi connectivity index (χ1) is 13.5. The Morgan fingerprint density at radius 1 is 1.07 bits per heavy atom. The van der Waals surface area contributed by atoms with Crippen molar-refractivity contribution in [3.8, 4) is 12.1 Å². The number of fused-ring (bicyclic) bond motifs is 3. The molecule has 0 unspecified atom stereocenters. The lowest BCUT2D eigenvalue weighted by molar-refractivity contribution is -0.121. The smallest absolute Gasteiger partial charge is 0.177 e. The zero-order chi connectivity index (χ0) is 20.1. The van der Waals surface area contributed by atoms with Crippen molar-refractivity contribution in [3.63, 3.8) is 0 Å². The van der Waals surface area contributed by atoms with Crippen LogP contribution in [0.1, 0.15) is 35.6 Å². The van der Waals surface area contributed by atoms with Crippen molar-refractivity contribution in [1.82, 2.24) is 4.90 Å². The summed E-state index contributed by atoms with van der Waals surface area (Å²) in [5.41, 5.74) is -0.380. The monoisotopic (exact) mass is 375 g/mol. The lowest BCUT2D eigenvalue weighted by Crippen LogP contribution is -2.36. The SMILES string of the molecule is CC(=O)[C@H]1[C@H](c2cccc(F)c2F)C(C#N)(C#N)[C@@H]2c3ccccc3C=CN21. The van der Waals surface area contributed by atoms with Gasteiger partial charge < -0.3 is 4.90 Å². The van der Waals surface area contributed by atoms with Gasteiger partial charge in [0.15, 0.2) is 22.8 Å². The summed E-state index contributed by atoms with van der Waals surface area (Å²) in [7, 11) is 0. The van der Waals surface area contributed by atoms with Gasteiger partial charge in [-0.3, -0.25) is 4.79 Å². The largest absolute Gasteiger partial charge is 0.357 e. The zero-order valence-electron chi connectivity index (χ0n) is 14.9. The highest BCUT2D eigenvalue weighted by Crippen LogP contribution is 2.59. The Morgan fingerprint density at radius 3 is 2.43 bits per heavy atom. The molecular weight excluding hydrogens is 360 g/mol. The van der Waals surface area contributed by atoms with Crippen LogP contribution in [-0.2, 0) is 4.79 Å². The molecular formula is C22H15F2N3O. The number of ketones is 1. The normalized spacial score (nSPS) is 24.0. The van der Waals surface area contributed by atoms with E-state index in [1.807, 2.05) is 12.1 Å². The quantitative estimate of drug-likeness (QED) is 0.793. The van der Waals surface area contributed by atoms with E-state index in [0.29, 0.717) is 5.56 Å². The van der Waals surface area contributed by atoms with E-state index in [0.717, 1.165) is 11.6 Å². The van der Waals surface area contributed by atoms with E-state index in [2.05, 4.69) is 12.1 Å². The van der Waals surface area contributed by atoms with Crippen LogP contribution in [0.4, 0.5) is 8.78 Å². The average Bonchev–Trinajstić information content (AvgIpc) is 3.01. The van der Waals surface area contributed by atoms with E-state index in [1.165, 1.54) is 19.1 Å². The van der Waals surface area contributed by atoms with Crippen molar-refractivity contribution in [2.45, 2.75) is 24.9 Å². The van der Waals surface area contributed by atoms with Crippen LogP contribution in [0.15, 0.2) is 48.7 Å². The van der Waals surface area contributed by atoms with Gasteiger partial charge in [-0.15, -0.1) is 0 Å². The number of Topliss-reactive ketones (excluding diaryl/α,β-unsaturated/α-hetero) is 1. The molecule has 0 bridgehead atoms. The lowest BCUT2D eigenvalue weighted by atomic mass is 9.67. The molecule has 0 spiro atoms. The van der Waals surface area contributed by atoms with Gasteiger partial charge in [0.25, 0.3) is 0 Å². The minimum atomic E-state index is -1.77. The number of nitriles is 2. The maximum Gasteiger partial charge on any atom is 0.177 e. The molecule has 6 heteroatoms. The molecule has 2 aromatic rings. The van der Waals surface area contributed by atoms with Crippen LogP contribution in [0.3, 0.4) is 0 Å². The Balaban J connectivity index is 2.05. The van der Waals surface area contributed by atoms with E-state index in [9.17, 15) is 24.1 Å². The van der Waals surface area contributed by atoms with Gasteiger partial charge in [0, 0.05) is 12.1 Å². The van der Waals surface area contributed by atoms with E-state index < -0.39 is 35.1 Å². The number of halogens is 2. The van der Waals surface area contributed by atoms with Gasteiger partial charge >= 0.3 is 0 Å². The molecule has 28 heavy (non-hydrogen) atoms. The predicted molar refractivity (Wildman–Crippen MR) is 97.3 cm³/mol. The van der Waals surface area contributed by atoms with Gasteiger partial charge in [-0.2, -0.15) is 10.5 Å². The number of nitrogens with zero attached hydrogens (tertiary/aromatic N) is 3. The second-order valence-electron chi connectivity index (χ2n) is 7.06. The zero-order valence-corrected chi connectivity index (χ0v) is 14.9. The fourth-order valence-corrected chi connectivity index (χ4v) is 4.56. The summed E-state index contributed by atoms with van der Waals surface area (Å²) in [6, 6.07) is 13.3. The summed E-state index contributed by atoms with van der Waals surface area (Å²) >= 11 is 0. The van der Waals surface area contributed by atoms with Crippen LogP contribution in [0.2, 0.25) is 0 Å². The predicted octanol–water partition coefficient (Wildman–Crippen LogP) is 4.08. The number of carbonyl (C=O) groups is 1. The molecule has 138 valence electrons. The van der Waals surface area contributed by atoms with Gasteiger partial charge in [0.1, 0.15) is 0 Å². The fourth-order valence-electron chi connectivity index (χ4n) is 4.56. The third-order valence-corrected chi connectivity index (χ3v) is 5.68. The van der Waals surface area contributed by atoms with Crippen molar-refractivity contribution in [2.24, 2.45) is 5.41 Å². The molecule has 0 aromatic heterocycles. The Morgan fingerprint density at radius 2 is 1.75 bits per heavy atom. The molecule has 0 radical (unpaired) electrons. The summed E-state index contributed by atoms with van der Waals surface area (Å²) in [6.45, 7) is 1.34. The number of hydrogen-bond donors (Lipinski definition) is 0. The molecule has 3 atom stereocenters. The van der Waals surface area contributed by atoms with E-state index >= 15 is 0 Å². The van der Waals surface area contributed by atoms with Crippen LogP contribution in [0, 0.1) is 39.7 Å². The summed E-state index contributed by atoms with van der Waals surface area (Å²) in [4.78, 5) is 14.2. The van der Waals surface area contributed by atoms with E-state index in [4.69, 9.17) is 0 Å². The molecule has 1 fully saturated rings. The summed E-state index contributed by atoms with van der Waals surface area (Å²) in [5.74, 6) is -3.68. The molecule has 2 heterocycles. The molecule has 2 aromatic carbocycles. The highest BCUT2D eigenvalue weighted by Gasteiger charge is 2.63. The molecule has 0 aliphatic carbocycles. The van der Waals surface area contributed by atoms with Gasteiger partial charge in [-0.1, -0.05) is 36.4 Å². The fraction of sp³-hybridized carbons (Fsp3) is 0.227. The maximum atomic E-state index is 14.7. The van der Waals surface area contributed by atoms with Crippen LogP contribution < -0.4 is 0 Å².